The summed E-state index contributed by atoms with van der Waals surface area (Å²) in [7, 11) is -3.10. The maximum absolute atomic E-state index is 12.5. The summed E-state index contributed by atoms with van der Waals surface area (Å²) in [6, 6.07) is 0.283. The Labute approximate surface area is 151 Å². The fourth-order valence-corrected chi connectivity index (χ4v) is 5.58. The van der Waals surface area contributed by atoms with Gasteiger partial charge in [0.1, 0.15) is 0 Å². The number of halogens is 1. The molecule has 140 valence electrons. The zero-order chi connectivity index (χ0) is 16.6. The van der Waals surface area contributed by atoms with Crippen LogP contribution in [0.25, 0.3) is 0 Å². The van der Waals surface area contributed by atoms with Gasteiger partial charge in [0.25, 0.3) is 0 Å². The third-order valence-electron chi connectivity index (χ3n) is 6.07. The molecule has 1 saturated heterocycles. The van der Waals surface area contributed by atoms with Gasteiger partial charge in [-0.1, -0.05) is 6.42 Å². The Balaban J connectivity index is 0.00000208. The lowest BCUT2D eigenvalue weighted by Crippen LogP contribution is -2.49. The van der Waals surface area contributed by atoms with Crippen LogP contribution >= 0.6 is 12.4 Å². The first-order valence-electron chi connectivity index (χ1n) is 8.83. The summed E-state index contributed by atoms with van der Waals surface area (Å²) in [4.78, 5) is 12.5. The Morgan fingerprint density at radius 1 is 1.21 bits per heavy atom. The quantitative estimate of drug-likeness (QED) is 0.760. The van der Waals surface area contributed by atoms with Gasteiger partial charge in [0.15, 0.2) is 0 Å². The monoisotopic (exact) mass is 379 g/mol. The number of amides is 1. The van der Waals surface area contributed by atoms with Gasteiger partial charge in [0.2, 0.25) is 15.9 Å². The third-order valence-corrected chi connectivity index (χ3v) is 7.34. The molecule has 1 heterocycles. The molecule has 24 heavy (non-hydrogen) atoms. The van der Waals surface area contributed by atoms with Crippen LogP contribution < -0.4 is 11.1 Å². The summed E-state index contributed by atoms with van der Waals surface area (Å²) in [5.74, 6) is 1.49. The second kappa shape index (κ2) is 7.89. The zero-order valence-electron chi connectivity index (χ0n) is 14.3. The van der Waals surface area contributed by atoms with Crippen molar-refractivity contribution < 1.29 is 13.2 Å². The molecule has 3 rings (SSSR count). The molecular weight excluding hydrogens is 350 g/mol. The second-order valence-corrected chi connectivity index (χ2v) is 9.70. The van der Waals surface area contributed by atoms with E-state index in [2.05, 4.69) is 5.32 Å². The molecule has 8 heteroatoms. The van der Waals surface area contributed by atoms with Gasteiger partial charge < -0.3 is 11.1 Å². The van der Waals surface area contributed by atoms with Crippen molar-refractivity contribution in [2.75, 3.05) is 25.9 Å². The molecule has 6 nitrogen and oxygen atoms in total. The number of hydrogen-bond acceptors (Lipinski definition) is 4. The van der Waals surface area contributed by atoms with Crippen LogP contribution in [0.15, 0.2) is 0 Å². The molecule has 3 fully saturated rings. The van der Waals surface area contributed by atoms with Crippen molar-refractivity contribution in [3.63, 3.8) is 0 Å². The van der Waals surface area contributed by atoms with Gasteiger partial charge in [-0.05, 0) is 49.9 Å². The van der Waals surface area contributed by atoms with Gasteiger partial charge in [-0.2, -0.15) is 0 Å². The highest BCUT2D eigenvalue weighted by Gasteiger charge is 2.40. The topological polar surface area (TPSA) is 92.5 Å². The van der Waals surface area contributed by atoms with Gasteiger partial charge in [-0.3, -0.25) is 4.79 Å². The molecular formula is C16H30ClN3O3S. The minimum atomic E-state index is -3.10. The number of nitrogens with zero attached hydrogens (tertiary/aromatic N) is 1. The lowest BCUT2D eigenvalue weighted by molar-refractivity contribution is -0.128. The maximum Gasteiger partial charge on any atom is 0.223 e. The predicted molar refractivity (Wildman–Crippen MR) is 96.3 cm³/mol. The zero-order valence-corrected chi connectivity index (χ0v) is 15.9. The average molecular weight is 380 g/mol. The van der Waals surface area contributed by atoms with E-state index in [1.165, 1.54) is 17.0 Å². The highest BCUT2D eigenvalue weighted by atomic mass is 35.5. The van der Waals surface area contributed by atoms with Crippen LogP contribution in [0.4, 0.5) is 0 Å². The Morgan fingerprint density at radius 3 is 2.38 bits per heavy atom. The molecule has 3 N–H and O–H groups in total. The van der Waals surface area contributed by atoms with Crippen LogP contribution in [0.3, 0.4) is 0 Å². The molecule has 3 unspecified atom stereocenters. The fraction of sp³-hybridized carbons (Fsp3) is 0.938. The highest BCUT2D eigenvalue weighted by molar-refractivity contribution is 7.88. The Hall–Kier alpha value is -0.370. The van der Waals surface area contributed by atoms with Gasteiger partial charge in [-0.15, -0.1) is 12.4 Å². The number of rotatable bonds is 4. The van der Waals surface area contributed by atoms with E-state index < -0.39 is 10.0 Å². The molecule has 0 spiro atoms. The average Bonchev–Trinajstić information content (AvgIpc) is 2.93. The first kappa shape index (κ1) is 19.9. The minimum Gasteiger partial charge on any atom is -0.356 e. The van der Waals surface area contributed by atoms with E-state index in [4.69, 9.17) is 5.73 Å². The van der Waals surface area contributed by atoms with E-state index in [-0.39, 0.29) is 36.2 Å². The largest absolute Gasteiger partial charge is 0.356 e. The van der Waals surface area contributed by atoms with Crippen molar-refractivity contribution in [3.8, 4) is 0 Å². The number of carbonyl (C=O) groups excluding carboxylic acids is 1. The van der Waals surface area contributed by atoms with Gasteiger partial charge in [-0.25, -0.2) is 12.7 Å². The number of nitrogens with one attached hydrogen (secondary N) is 1. The van der Waals surface area contributed by atoms with E-state index in [9.17, 15) is 13.2 Å². The SMILES string of the molecule is CS(=O)(=O)N1CCC(CNC(=O)C2CC3CCCC(C2)C3N)C1.Cl. The lowest BCUT2D eigenvalue weighted by atomic mass is 9.65. The minimum absolute atomic E-state index is 0. The number of carbonyl (C=O) groups is 1. The van der Waals surface area contributed by atoms with Crippen molar-refractivity contribution >= 4 is 28.3 Å². The van der Waals surface area contributed by atoms with Crippen LogP contribution in [0.2, 0.25) is 0 Å². The Morgan fingerprint density at radius 2 is 1.83 bits per heavy atom. The molecule has 1 amide bonds. The molecule has 0 radical (unpaired) electrons. The van der Waals surface area contributed by atoms with Gasteiger partial charge in [0.05, 0.1) is 6.26 Å². The molecule has 2 saturated carbocycles. The number of sulfonamides is 1. The Bertz CT molecular complexity index is 543. The molecule has 1 aliphatic heterocycles. The first-order valence-corrected chi connectivity index (χ1v) is 10.7. The number of hydrogen-bond donors (Lipinski definition) is 2. The fourth-order valence-electron chi connectivity index (χ4n) is 4.66. The summed E-state index contributed by atoms with van der Waals surface area (Å²) >= 11 is 0. The Kier molecular flexibility index (Phi) is 6.56. The first-order chi connectivity index (χ1) is 10.8. The van der Waals surface area contributed by atoms with E-state index in [1.54, 1.807) is 0 Å². The summed E-state index contributed by atoms with van der Waals surface area (Å²) in [6.45, 7) is 1.68. The normalized spacial score (nSPS) is 36.8. The summed E-state index contributed by atoms with van der Waals surface area (Å²) < 4.78 is 24.6. The molecule has 2 bridgehead atoms. The van der Waals surface area contributed by atoms with Gasteiger partial charge >= 0.3 is 0 Å². The number of nitrogens with two attached hydrogens (primary N) is 1. The van der Waals surface area contributed by atoms with Crippen LogP contribution in [-0.4, -0.2) is 50.6 Å². The standard InChI is InChI=1S/C16H29N3O3S.ClH/c1-23(21,22)19-6-5-11(10-19)9-18-16(20)14-7-12-3-2-4-13(8-14)15(12)17;/h11-15H,2-10,17H2,1H3,(H,18,20);1H. The van der Waals surface area contributed by atoms with Crippen LogP contribution in [-0.2, 0) is 14.8 Å². The number of fused-ring (bicyclic) bond motifs is 2. The molecule has 0 aromatic carbocycles. The highest BCUT2D eigenvalue weighted by Crippen LogP contribution is 2.41. The summed E-state index contributed by atoms with van der Waals surface area (Å²) in [6.07, 6.45) is 7.49. The smallest absolute Gasteiger partial charge is 0.223 e. The van der Waals surface area contributed by atoms with Crippen molar-refractivity contribution in [2.45, 2.75) is 44.6 Å². The summed E-state index contributed by atoms with van der Waals surface area (Å²) in [5, 5.41) is 3.07. The molecule has 0 aromatic rings. The van der Waals surface area contributed by atoms with Crippen molar-refractivity contribution in [2.24, 2.45) is 29.4 Å². The van der Waals surface area contributed by atoms with E-state index in [0.29, 0.717) is 31.5 Å². The van der Waals surface area contributed by atoms with Crippen molar-refractivity contribution in [1.29, 1.82) is 0 Å². The summed E-state index contributed by atoms with van der Waals surface area (Å²) in [5.41, 5.74) is 6.28. The second-order valence-electron chi connectivity index (χ2n) is 7.72. The van der Waals surface area contributed by atoms with Crippen LogP contribution in [0, 0.1) is 23.7 Å². The molecule has 2 aliphatic carbocycles. The van der Waals surface area contributed by atoms with E-state index in [0.717, 1.165) is 32.1 Å². The molecule has 3 aliphatic rings. The maximum atomic E-state index is 12.5. The van der Waals surface area contributed by atoms with Crippen molar-refractivity contribution in [1.82, 2.24) is 9.62 Å². The molecule has 3 atom stereocenters. The lowest BCUT2D eigenvalue weighted by Gasteiger charge is -2.43. The molecule has 0 aromatic heterocycles. The predicted octanol–water partition coefficient (Wildman–Crippen LogP) is 0.960. The van der Waals surface area contributed by atoms with E-state index >= 15 is 0 Å². The van der Waals surface area contributed by atoms with E-state index in [1.807, 2.05) is 0 Å². The third kappa shape index (κ3) is 4.42. The van der Waals surface area contributed by atoms with Gasteiger partial charge in [0, 0.05) is 31.6 Å². The van der Waals surface area contributed by atoms with Crippen LogP contribution in [0.5, 0.6) is 0 Å². The van der Waals surface area contributed by atoms with Crippen LogP contribution in [0.1, 0.15) is 38.5 Å². The van der Waals surface area contributed by atoms with Crippen molar-refractivity contribution in [3.05, 3.63) is 0 Å².